The quantitative estimate of drug-likeness (QED) is 0.845. The zero-order valence-corrected chi connectivity index (χ0v) is 11.8. The lowest BCUT2D eigenvalue weighted by molar-refractivity contribution is 0.103. The van der Waals surface area contributed by atoms with Gasteiger partial charge in [-0.15, -0.1) is 0 Å². The predicted octanol–water partition coefficient (Wildman–Crippen LogP) is 3.47. The van der Waals surface area contributed by atoms with E-state index in [0.717, 1.165) is 13.1 Å². The van der Waals surface area contributed by atoms with E-state index in [1.54, 1.807) is 18.2 Å². The third kappa shape index (κ3) is 2.67. The van der Waals surface area contributed by atoms with Crippen LogP contribution in [-0.2, 0) is 0 Å². The van der Waals surface area contributed by atoms with Crippen molar-refractivity contribution in [2.75, 3.05) is 18.0 Å². The summed E-state index contributed by atoms with van der Waals surface area (Å²) in [5.74, 6) is -0.0952. The molecule has 0 spiro atoms. The molecule has 104 valence electrons. The summed E-state index contributed by atoms with van der Waals surface area (Å²) in [6, 6.07) is 14.3. The molecule has 3 heteroatoms. The van der Waals surface area contributed by atoms with E-state index < -0.39 is 0 Å². The molecule has 0 radical (unpaired) electrons. The molecule has 0 saturated heterocycles. The van der Waals surface area contributed by atoms with Crippen LogP contribution in [0.1, 0.15) is 29.8 Å². The van der Waals surface area contributed by atoms with E-state index in [1.165, 1.54) is 0 Å². The van der Waals surface area contributed by atoms with Crippen molar-refractivity contribution in [2.45, 2.75) is 13.8 Å². The number of hydrogen-bond donors (Lipinski definition) is 1. The van der Waals surface area contributed by atoms with E-state index in [1.807, 2.05) is 49.1 Å². The highest BCUT2D eigenvalue weighted by Crippen LogP contribution is 2.32. The van der Waals surface area contributed by atoms with Gasteiger partial charge in [0.15, 0.2) is 5.78 Å². The SMILES string of the molecule is CCN(CC)c1cccc(C(=O)c2ccccc2)c1O. The van der Waals surface area contributed by atoms with E-state index in [-0.39, 0.29) is 11.5 Å². The van der Waals surface area contributed by atoms with Gasteiger partial charge in [-0.3, -0.25) is 4.79 Å². The van der Waals surface area contributed by atoms with Gasteiger partial charge in [0.2, 0.25) is 0 Å². The molecular weight excluding hydrogens is 250 g/mol. The van der Waals surface area contributed by atoms with Crippen LogP contribution < -0.4 is 4.90 Å². The largest absolute Gasteiger partial charge is 0.505 e. The number of phenolic OH excluding ortho intramolecular Hbond substituents is 1. The number of carbonyl (C=O) groups excluding carboxylic acids is 1. The van der Waals surface area contributed by atoms with Crippen LogP contribution in [0.2, 0.25) is 0 Å². The number of rotatable bonds is 5. The van der Waals surface area contributed by atoms with Gasteiger partial charge in [-0.05, 0) is 26.0 Å². The molecule has 1 N–H and O–H groups in total. The summed E-state index contributed by atoms with van der Waals surface area (Å²) in [6.07, 6.45) is 0. The van der Waals surface area contributed by atoms with Crippen molar-refractivity contribution < 1.29 is 9.90 Å². The van der Waals surface area contributed by atoms with E-state index >= 15 is 0 Å². The Bertz CT molecular complexity index is 589. The number of anilines is 1. The Labute approximate surface area is 119 Å². The number of hydrogen-bond acceptors (Lipinski definition) is 3. The molecule has 2 aromatic rings. The Morgan fingerprint density at radius 2 is 1.65 bits per heavy atom. The molecular formula is C17H19NO2. The lowest BCUT2D eigenvalue weighted by Gasteiger charge is -2.22. The standard InChI is InChI=1S/C17H19NO2/c1-3-18(4-2)15-12-8-11-14(17(15)20)16(19)13-9-6-5-7-10-13/h5-12,20H,3-4H2,1-2H3. The molecule has 0 bridgehead atoms. The lowest BCUT2D eigenvalue weighted by atomic mass is 10.0. The Morgan fingerprint density at radius 3 is 2.25 bits per heavy atom. The fourth-order valence-corrected chi connectivity index (χ4v) is 2.28. The van der Waals surface area contributed by atoms with E-state index in [9.17, 15) is 9.90 Å². The molecule has 0 aromatic heterocycles. The van der Waals surface area contributed by atoms with Crippen molar-refractivity contribution in [3.63, 3.8) is 0 Å². The highest BCUT2D eigenvalue weighted by atomic mass is 16.3. The van der Waals surface area contributed by atoms with Gasteiger partial charge in [-0.2, -0.15) is 0 Å². The zero-order chi connectivity index (χ0) is 14.5. The normalized spacial score (nSPS) is 10.3. The number of nitrogens with zero attached hydrogens (tertiary/aromatic N) is 1. The number of carbonyl (C=O) groups is 1. The fourth-order valence-electron chi connectivity index (χ4n) is 2.28. The van der Waals surface area contributed by atoms with Crippen LogP contribution in [0.3, 0.4) is 0 Å². The predicted molar refractivity (Wildman–Crippen MR) is 81.5 cm³/mol. The van der Waals surface area contributed by atoms with Crippen molar-refractivity contribution >= 4 is 11.5 Å². The molecule has 0 amide bonds. The molecule has 0 atom stereocenters. The summed E-state index contributed by atoms with van der Waals surface area (Å²) in [7, 11) is 0. The minimum absolute atomic E-state index is 0.0602. The number of ketones is 1. The maximum absolute atomic E-state index is 12.4. The van der Waals surface area contributed by atoms with Crippen LogP contribution in [0, 0.1) is 0 Å². The van der Waals surface area contributed by atoms with Gasteiger partial charge in [-0.25, -0.2) is 0 Å². The molecule has 0 heterocycles. The van der Waals surface area contributed by atoms with Crippen molar-refractivity contribution in [1.29, 1.82) is 0 Å². The Kier molecular flexibility index (Phi) is 4.41. The first-order valence-electron chi connectivity index (χ1n) is 6.85. The summed E-state index contributed by atoms with van der Waals surface area (Å²) >= 11 is 0. The molecule has 0 aliphatic carbocycles. The monoisotopic (exact) mass is 269 g/mol. The third-order valence-corrected chi connectivity index (χ3v) is 3.40. The fraction of sp³-hybridized carbons (Fsp3) is 0.235. The van der Waals surface area contributed by atoms with Gasteiger partial charge in [-0.1, -0.05) is 36.4 Å². The van der Waals surface area contributed by atoms with Crippen LogP contribution in [-0.4, -0.2) is 24.0 Å². The molecule has 2 rings (SSSR count). The van der Waals surface area contributed by atoms with Crippen LogP contribution in [0.5, 0.6) is 5.75 Å². The third-order valence-electron chi connectivity index (χ3n) is 3.40. The molecule has 20 heavy (non-hydrogen) atoms. The second-order valence-electron chi connectivity index (χ2n) is 4.54. The average molecular weight is 269 g/mol. The van der Waals surface area contributed by atoms with Crippen molar-refractivity contribution in [1.82, 2.24) is 0 Å². The summed E-state index contributed by atoms with van der Waals surface area (Å²) in [4.78, 5) is 14.5. The molecule has 0 fully saturated rings. The number of aromatic hydroxyl groups is 1. The number of phenols is 1. The number of benzene rings is 2. The molecule has 0 saturated carbocycles. The molecule has 0 aliphatic rings. The average Bonchev–Trinajstić information content (AvgIpc) is 2.50. The number of para-hydroxylation sites is 1. The molecule has 3 nitrogen and oxygen atoms in total. The van der Waals surface area contributed by atoms with Crippen LogP contribution in [0.4, 0.5) is 5.69 Å². The van der Waals surface area contributed by atoms with Gasteiger partial charge >= 0.3 is 0 Å². The Balaban J connectivity index is 2.43. The van der Waals surface area contributed by atoms with Gasteiger partial charge in [0.25, 0.3) is 0 Å². The van der Waals surface area contributed by atoms with Crippen LogP contribution >= 0.6 is 0 Å². The van der Waals surface area contributed by atoms with Gasteiger partial charge < -0.3 is 10.0 Å². The minimum atomic E-state index is -0.155. The molecule has 2 aromatic carbocycles. The first-order chi connectivity index (χ1) is 9.69. The first kappa shape index (κ1) is 14.1. The molecule has 0 aliphatic heterocycles. The first-order valence-corrected chi connectivity index (χ1v) is 6.85. The van der Waals surface area contributed by atoms with Gasteiger partial charge in [0, 0.05) is 18.7 Å². The highest BCUT2D eigenvalue weighted by Gasteiger charge is 2.17. The molecule has 0 unspecified atom stereocenters. The van der Waals surface area contributed by atoms with Gasteiger partial charge in [0.05, 0.1) is 11.3 Å². The second kappa shape index (κ2) is 6.24. The highest BCUT2D eigenvalue weighted by molar-refractivity contribution is 6.11. The van der Waals surface area contributed by atoms with E-state index in [2.05, 4.69) is 0 Å². The Morgan fingerprint density at radius 1 is 1.00 bits per heavy atom. The second-order valence-corrected chi connectivity index (χ2v) is 4.54. The zero-order valence-electron chi connectivity index (χ0n) is 11.8. The summed E-state index contributed by atoms with van der Waals surface area (Å²) < 4.78 is 0. The maximum Gasteiger partial charge on any atom is 0.196 e. The maximum atomic E-state index is 12.4. The van der Waals surface area contributed by atoms with Crippen molar-refractivity contribution in [3.8, 4) is 5.75 Å². The van der Waals surface area contributed by atoms with Gasteiger partial charge in [0.1, 0.15) is 5.75 Å². The smallest absolute Gasteiger partial charge is 0.196 e. The van der Waals surface area contributed by atoms with E-state index in [4.69, 9.17) is 0 Å². The summed E-state index contributed by atoms with van der Waals surface area (Å²) in [6.45, 7) is 5.61. The van der Waals surface area contributed by atoms with Crippen LogP contribution in [0.15, 0.2) is 48.5 Å². The lowest BCUT2D eigenvalue weighted by Crippen LogP contribution is -2.22. The summed E-state index contributed by atoms with van der Waals surface area (Å²) in [5, 5.41) is 10.4. The van der Waals surface area contributed by atoms with Crippen molar-refractivity contribution in [2.24, 2.45) is 0 Å². The minimum Gasteiger partial charge on any atom is -0.505 e. The topological polar surface area (TPSA) is 40.5 Å². The summed E-state index contributed by atoms with van der Waals surface area (Å²) in [5.41, 5.74) is 1.64. The Hall–Kier alpha value is -2.29. The van der Waals surface area contributed by atoms with Crippen molar-refractivity contribution in [3.05, 3.63) is 59.7 Å². The van der Waals surface area contributed by atoms with E-state index in [0.29, 0.717) is 16.8 Å². The van der Waals surface area contributed by atoms with Crippen LogP contribution in [0.25, 0.3) is 0 Å².